The summed E-state index contributed by atoms with van der Waals surface area (Å²) >= 11 is 7.03. The van der Waals surface area contributed by atoms with Crippen LogP contribution >= 0.6 is 23.6 Å². The number of likely N-dealkylation sites (tertiary alicyclic amines) is 1. The summed E-state index contributed by atoms with van der Waals surface area (Å²) in [6, 6.07) is 14.6. The van der Waals surface area contributed by atoms with E-state index in [1.165, 1.54) is 54.1 Å². The molecule has 7 rings (SSSR count). The van der Waals surface area contributed by atoms with Crippen LogP contribution < -0.4 is 30.5 Å². The first kappa shape index (κ1) is 53.5. The number of hydrogen-bond donors (Lipinski definition) is 4. The third-order valence-electron chi connectivity index (χ3n) is 12.1. The number of carbonyl (C=O) groups is 5. The number of nitrogens with one attached hydrogen (secondary N) is 3. The average molecular weight is 1040 g/mol. The highest BCUT2D eigenvalue weighted by Crippen LogP contribution is 2.40. The standard InChI is InChI=1S/C51H52F3N9O8S2/c1-28-42(73-27-59-28)30-11-9-29(10-12-30)23-57-45(67)38-22-33(64)25-61(38)47(68)43(50(2,3)4)60-39(65)26-70-20-8-19-56-44(66)31-13-15-34(16-14-31)71-46-35(52)21-32(24-58-46)63-49(72)62(48(69)51(63,5)6)37-18-17-36(55-7)40(53)41(37)54/h9-18,21,24,27,33,38,43,64H,8,19-20,22-23,25-26H2,1-6H3,(H,56,66)(H,57,67)(H,60,65)/t33-,38+,43-/m1/s1. The smallest absolute Gasteiger partial charge is 0.259 e. The third kappa shape index (κ3) is 11.8. The molecule has 0 unspecified atom stereocenters. The van der Waals surface area contributed by atoms with Gasteiger partial charge in [-0.25, -0.2) is 28.0 Å². The number of aromatic nitrogens is 2. The molecule has 5 aromatic rings. The first-order valence-corrected chi connectivity index (χ1v) is 24.3. The second kappa shape index (κ2) is 22.2. The van der Waals surface area contributed by atoms with E-state index >= 15 is 8.78 Å². The van der Waals surface area contributed by atoms with E-state index in [0.717, 1.165) is 44.8 Å². The van der Waals surface area contributed by atoms with Crippen molar-refractivity contribution in [3.8, 4) is 22.1 Å². The molecule has 3 atom stereocenters. The van der Waals surface area contributed by atoms with Crippen LogP contribution in [0.15, 0.2) is 78.4 Å². The first-order valence-electron chi connectivity index (χ1n) is 23.0. The zero-order valence-electron chi connectivity index (χ0n) is 40.6. The number of β-amino-alcohol motifs (C(OH)–C–C–N with tert-alkyl or cyclic N) is 1. The topological polar surface area (TPSA) is 200 Å². The van der Waals surface area contributed by atoms with Gasteiger partial charge < -0.3 is 40.3 Å². The minimum atomic E-state index is -1.48. The number of anilines is 2. The highest BCUT2D eigenvalue weighted by atomic mass is 32.1. The maximum Gasteiger partial charge on any atom is 0.259 e. The molecule has 4 N–H and O–H groups in total. The number of ether oxygens (including phenoxy) is 2. The SMILES string of the molecule is [C-]#[N+]c1ccc(N2C(=O)C(C)(C)N(c3cnc(Oc4ccc(C(=O)NCCCOCC(=O)N[C@H](C(=O)N5C[C@H](O)C[C@H]5C(=O)NCc5ccc(-c6scnc6C)cc5)C(C)(C)C)cc4)c(F)c3)C2=S)c(F)c1F. The van der Waals surface area contributed by atoms with Gasteiger partial charge in [0, 0.05) is 44.3 Å². The maximum atomic E-state index is 15.5. The molecule has 2 aliphatic heterocycles. The van der Waals surface area contributed by atoms with Crippen LogP contribution in [-0.4, -0.2) is 105 Å². The Morgan fingerprint density at radius 2 is 1.73 bits per heavy atom. The summed E-state index contributed by atoms with van der Waals surface area (Å²) < 4.78 is 56.2. The van der Waals surface area contributed by atoms with Crippen LogP contribution in [0.4, 0.5) is 30.2 Å². The number of nitrogens with zero attached hydrogens (tertiary/aromatic N) is 6. The van der Waals surface area contributed by atoms with E-state index in [2.05, 4.69) is 30.8 Å². The maximum absolute atomic E-state index is 15.5. The molecule has 4 heterocycles. The number of pyridine rings is 1. The quantitative estimate of drug-likeness (QED) is 0.0418. The molecular formula is C51H52F3N9O8S2. The number of hydrogen-bond acceptors (Lipinski definition) is 12. The summed E-state index contributed by atoms with van der Waals surface area (Å²) in [5.41, 5.74) is 1.54. The molecule has 5 amide bonds. The third-order valence-corrected chi connectivity index (χ3v) is 13.5. The summed E-state index contributed by atoms with van der Waals surface area (Å²) in [6.45, 7) is 17.3. The van der Waals surface area contributed by atoms with Crippen LogP contribution in [0.5, 0.6) is 11.6 Å². The average Bonchev–Trinajstić information content (AvgIpc) is 4.02. The molecule has 0 radical (unpaired) electrons. The number of benzene rings is 3. The van der Waals surface area contributed by atoms with Crippen molar-refractivity contribution in [2.24, 2.45) is 5.41 Å². The van der Waals surface area contributed by atoms with Crippen LogP contribution in [0, 0.1) is 36.4 Å². The largest absolute Gasteiger partial charge is 0.436 e. The van der Waals surface area contributed by atoms with Gasteiger partial charge in [0.1, 0.15) is 30.0 Å². The van der Waals surface area contributed by atoms with E-state index in [-0.39, 0.29) is 61.4 Å². The van der Waals surface area contributed by atoms with Crippen LogP contribution in [0.2, 0.25) is 0 Å². The zero-order chi connectivity index (χ0) is 52.9. The molecule has 0 spiro atoms. The fourth-order valence-electron chi connectivity index (χ4n) is 8.25. The lowest BCUT2D eigenvalue weighted by Gasteiger charge is -2.35. The van der Waals surface area contributed by atoms with Gasteiger partial charge in [0.25, 0.3) is 17.7 Å². The molecule has 2 aliphatic rings. The Morgan fingerprint density at radius 1 is 1.01 bits per heavy atom. The van der Waals surface area contributed by atoms with Crippen molar-refractivity contribution in [1.29, 1.82) is 0 Å². The number of amides is 5. The normalized spacial score (nSPS) is 16.8. The lowest BCUT2D eigenvalue weighted by Crippen LogP contribution is -2.58. The molecule has 2 fully saturated rings. The second-order valence-corrected chi connectivity index (χ2v) is 20.1. The Labute approximate surface area is 428 Å². The number of thiazole rings is 1. The molecule has 17 nitrogen and oxygen atoms in total. The molecule has 382 valence electrons. The Kier molecular flexibility index (Phi) is 16.3. The highest BCUT2D eigenvalue weighted by molar-refractivity contribution is 7.81. The van der Waals surface area contributed by atoms with Gasteiger partial charge in [-0.05, 0) is 86.3 Å². The van der Waals surface area contributed by atoms with Crippen molar-refractivity contribution in [2.75, 3.05) is 36.1 Å². The van der Waals surface area contributed by atoms with Gasteiger partial charge in [-0.2, -0.15) is 0 Å². The Balaban J connectivity index is 0.847. The minimum absolute atomic E-state index is 0.0192. The van der Waals surface area contributed by atoms with Crippen molar-refractivity contribution in [2.45, 2.75) is 84.7 Å². The van der Waals surface area contributed by atoms with Crippen molar-refractivity contribution >= 4 is 75.3 Å². The fourth-order valence-corrected chi connectivity index (χ4v) is 9.58. The summed E-state index contributed by atoms with van der Waals surface area (Å²) in [6.07, 6.45) is 0.646. The number of rotatable bonds is 17. The van der Waals surface area contributed by atoms with E-state index in [9.17, 15) is 33.5 Å². The highest BCUT2D eigenvalue weighted by Gasteiger charge is 2.51. The number of halogens is 3. The van der Waals surface area contributed by atoms with Gasteiger partial charge in [-0.15, -0.1) is 11.3 Å². The van der Waals surface area contributed by atoms with E-state index in [1.54, 1.807) is 37.6 Å². The van der Waals surface area contributed by atoms with Gasteiger partial charge in [0.2, 0.25) is 23.4 Å². The molecule has 3 aromatic carbocycles. The number of aryl methyl sites for hydroxylation is 1. The number of aliphatic hydroxyl groups is 1. The van der Waals surface area contributed by atoms with Crippen LogP contribution in [0.3, 0.4) is 0 Å². The molecule has 0 bridgehead atoms. The van der Waals surface area contributed by atoms with Gasteiger partial charge >= 0.3 is 0 Å². The predicted molar refractivity (Wildman–Crippen MR) is 269 cm³/mol. The van der Waals surface area contributed by atoms with E-state index in [1.807, 2.05) is 31.2 Å². The molecule has 73 heavy (non-hydrogen) atoms. The second-order valence-electron chi connectivity index (χ2n) is 18.9. The Bertz CT molecular complexity index is 2980. The summed E-state index contributed by atoms with van der Waals surface area (Å²) in [5, 5.41) is 18.7. The Morgan fingerprint density at radius 3 is 2.37 bits per heavy atom. The number of thiocarbonyl (C=S) groups is 1. The van der Waals surface area contributed by atoms with Crippen LogP contribution in [0.25, 0.3) is 15.3 Å². The number of carbonyl (C=O) groups excluding carboxylic acids is 5. The van der Waals surface area contributed by atoms with Crippen molar-refractivity contribution in [3.63, 3.8) is 0 Å². The first-order chi connectivity index (χ1) is 34.6. The van der Waals surface area contributed by atoms with Gasteiger partial charge in [0.05, 0.1) is 46.3 Å². The van der Waals surface area contributed by atoms with Crippen LogP contribution in [-0.2, 0) is 30.5 Å². The van der Waals surface area contributed by atoms with Crippen molar-refractivity contribution in [1.82, 2.24) is 30.8 Å². The van der Waals surface area contributed by atoms with E-state index in [0.29, 0.717) is 6.42 Å². The molecule has 0 saturated carbocycles. The van der Waals surface area contributed by atoms with Crippen molar-refractivity contribution < 1.29 is 51.7 Å². The lowest BCUT2D eigenvalue weighted by atomic mass is 9.85. The van der Waals surface area contributed by atoms with E-state index in [4.69, 9.17) is 28.3 Å². The van der Waals surface area contributed by atoms with Crippen molar-refractivity contribution in [3.05, 3.63) is 124 Å². The van der Waals surface area contributed by atoms with Gasteiger partial charge in [0.15, 0.2) is 22.6 Å². The summed E-state index contributed by atoms with van der Waals surface area (Å²) in [5.74, 6) is -6.79. The predicted octanol–water partition coefficient (Wildman–Crippen LogP) is 7.14. The van der Waals surface area contributed by atoms with Gasteiger partial charge in [-0.1, -0.05) is 51.1 Å². The molecule has 0 aliphatic carbocycles. The molecule has 2 aromatic heterocycles. The van der Waals surface area contributed by atoms with E-state index < -0.39 is 93.4 Å². The Hall–Kier alpha value is -7.32. The molecular weight excluding hydrogens is 988 g/mol. The van der Waals surface area contributed by atoms with Gasteiger partial charge in [-0.3, -0.25) is 28.9 Å². The molecule has 2 saturated heterocycles. The summed E-state index contributed by atoms with van der Waals surface area (Å²) in [7, 11) is 0. The van der Waals surface area contributed by atoms with Crippen LogP contribution in [0.1, 0.15) is 69.1 Å². The lowest BCUT2D eigenvalue weighted by molar-refractivity contribution is -0.144. The number of aliphatic hydroxyl groups excluding tert-OH is 1. The fraction of sp³-hybridized carbons (Fsp3) is 0.353. The minimum Gasteiger partial charge on any atom is -0.436 e. The monoisotopic (exact) mass is 1040 g/mol. The molecule has 22 heteroatoms. The summed E-state index contributed by atoms with van der Waals surface area (Å²) in [4.78, 5) is 82.5. The zero-order valence-corrected chi connectivity index (χ0v) is 42.3.